The highest BCUT2D eigenvalue weighted by atomic mass is 32.1. The minimum Gasteiger partial charge on any atom is -0.371 e. The van der Waals surface area contributed by atoms with Crippen LogP contribution in [0.2, 0.25) is 0 Å². The lowest BCUT2D eigenvalue weighted by atomic mass is 9.98. The molecule has 78 valence electrons. The second kappa shape index (κ2) is 4.71. The van der Waals surface area contributed by atoms with E-state index in [2.05, 4.69) is 11.4 Å². The van der Waals surface area contributed by atoms with Crippen LogP contribution in [0.3, 0.4) is 0 Å². The maximum atomic E-state index is 11.7. The number of hydrogen-bond donors (Lipinski definition) is 0. The lowest BCUT2D eigenvalue weighted by Crippen LogP contribution is -2.33. The predicted molar refractivity (Wildman–Crippen MR) is 58.7 cm³/mol. The van der Waals surface area contributed by atoms with Crippen molar-refractivity contribution in [3.63, 3.8) is 0 Å². The van der Waals surface area contributed by atoms with Gasteiger partial charge in [-0.25, -0.2) is 0 Å². The molecular weight excluding hydrogens is 196 g/mol. The molecule has 0 spiro atoms. The average Bonchev–Trinajstić information content (AvgIpc) is 2.66. The summed E-state index contributed by atoms with van der Waals surface area (Å²) in [6.45, 7) is 3.62. The zero-order valence-electron chi connectivity index (χ0n) is 8.87. The number of methoxy groups -OCH3 is 1. The molecule has 0 unspecified atom stereocenters. The first-order valence-corrected chi connectivity index (χ1v) is 5.60. The maximum absolute atomic E-state index is 11.7. The number of ketones is 1. The van der Waals surface area contributed by atoms with E-state index < -0.39 is 5.60 Å². The number of Topliss-reactive ketones (excluding diaryl/α,β-unsaturated/α-hetero) is 1. The molecule has 1 aromatic rings. The molecule has 0 fully saturated rings. The van der Waals surface area contributed by atoms with Crippen LogP contribution in [0.25, 0.3) is 0 Å². The van der Waals surface area contributed by atoms with Gasteiger partial charge in [-0.1, -0.05) is 0 Å². The smallest absolute Gasteiger partial charge is 0.164 e. The molecule has 1 aromatic heterocycles. The number of carbonyl (C=O) groups excluding carboxylic acids is 1. The van der Waals surface area contributed by atoms with Crippen molar-refractivity contribution in [2.24, 2.45) is 0 Å². The van der Waals surface area contributed by atoms with Gasteiger partial charge >= 0.3 is 0 Å². The van der Waals surface area contributed by atoms with Crippen LogP contribution in [0.1, 0.15) is 25.8 Å². The average molecular weight is 212 g/mol. The van der Waals surface area contributed by atoms with Crippen molar-refractivity contribution in [1.29, 1.82) is 0 Å². The molecule has 0 atom stereocenters. The summed E-state index contributed by atoms with van der Waals surface area (Å²) in [5.41, 5.74) is 0.589. The highest BCUT2D eigenvalue weighted by Gasteiger charge is 2.25. The van der Waals surface area contributed by atoms with Crippen molar-refractivity contribution >= 4 is 17.1 Å². The van der Waals surface area contributed by atoms with Gasteiger partial charge < -0.3 is 4.74 Å². The quantitative estimate of drug-likeness (QED) is 0.750. The van der Waals surface area contributed by atoms with Crippen molar-refractivity contribution in [1.82, 2.24) is 0 Å². The number of aryl methyl sites for hydroxylation is 1. The molecule has 0 N–H and O–H groups in total. The van der Waals surface area contributed by atoms with Crippen LogP contribution in [-0.2, 0) is 16.0 Å². The van der Waals surface area contributed by atoms with E-state index in [4.69, 9.17) is 4.74 Å². The first kappa shape index (κ1) is 11.4. The van der Waals surface area contributed by atoms with E-state index in [0.29, 0.717) is 6.42 Å². The first-order valence-electron chi connectivity index (χ1n) is 4.66. The van der Waals surface area contributed by atoms with Gasteiger partial charge in [-0.3, -0.25) is 4.79 Å². The fourth-order valence-corrected chi connectivity index (χ4v) is 1.81. The van der Waals surface area contributed by atoms with Gasteiger partial charge in [0, 0.05) is 13.5 Å². The highest BCUT2D eigenvalue weighted by molar-refractivity contribution is 7.07. The molecule has 14 heavy (non-hydrogen) atoms. The summed E-state index contributed by atoms with van der Waals surface area (Å²) in [4.78, 5) is 11.7. The summed E-state index contributed by atoms with van der Waals surface area (Å²) >= 11 is 1.66. The van der Waals surface area contributed by atoms with Crippen LogP contribution in [0.5, 0.6) is 0 Å². The van der Waals surface area contributed by atoms with Crippen molar-refractivity contribution in [3.8, 4) is 0 Å². The molecule has 0 aliphatic heterocycles. The molecule has 2 nitrogen and oxygen atoms in total. The third kappa shape index (κ3) is 2.93. The van der Waals surface area contributed by atoms with Crippen molar-refractivity contribution in [2.75, 3.05) is 7.11 Å². The monoisotopic (exact) mass is 212 g/mol. The molecule has 0 bridgehead atoms. The lowest BCUT2D eigenvalue weighted by Gasteiger charge is -2.20. The van der Waals surface area contributed by atoms with E-state index >= 15 is 0 Å². The van der Waals surface area contributed by atoms with E-state index in [1.807, 2.05) is 19.2 Å². The summed E-state index contributed by atoms with van der Waals surface area (Å²) in [6.07, 6.45) is 1.37. The van der Waals surface area contributed by atoms with E-state index in [1.54, 1.807) is 18.4 Å². The predicted octanol–water partition coefficient (Wildman–Crippen LogP) is 2.67. The Hall–Kier alpha value is -0.670. The second-order valence-electron chi connectivity index (χ2n) is 3.77. The molecule has 1 heterocycles. The van der Waals surface area contributed by atoms with Gasteiger partial charge in [0.05, 0.1) is 0 Å². The van der Waals surface area contributed by atoms with Gasteiger partial charge in [-0.05, 0) is 42.7 Å². The Labute approximate surface area is 88.9 Å². The SMILES string of the molecule is COC(C)(C)C(=O)CCc1ccsc1. The van der Waals surface area contributed by atoms with E-state index in [0.717, 1.165) is 6.42 Å². The molecule has 0 radical (unpaired) electrons. The number of rotatable bonds is 5. The largest absolute Gasteiger partial charge is 0.371 e. The van der Waals surface area contributed by atoms with Crippen molar-refractivity contribution < 1.29 is 9.53 Å². The van der Waals surface area contributed by atoms with Crippen molar-refractivity contribution in [2.45, 2.75) is 32.3 Å². The first-order chi connectivity index (χ1) is 6.56. The number of hydrogen-bond acceptors (Lipinski definition) is 3. The normalized spacial score (nSPS) is 11.6. The third-order valence-electron chi connectivity index (χ3n) is 2.40. The van der Waals surface area contributed by atoms with Gasteiger partial charge in [-0.15, -0.1) is 0 Å². The van der Waals surface area contributed by atoms with Crippen LogP contribution in [-0.4, -0.2) is 18.5 Å². The van der Waals surface area contributed by atoms with Crippen LogP contribution in [0.15, 0.2) is 16.8 Å². The van der Waals surface area contributed by atoms with Gasteiger partial charge in [0.1, 0.15) is 5.60 Å². The Bertz CT molecular complexity index is 288. The number of thiophene rings is 1. The van der Waals surface area contributed by atoms with Crippen LogP contribution < -0.4 is 0 Å². The summed E-state index contributed by atoms with van der Waals surface area (Å²) < 4.78 is 5.12. The number of carbonyl (C=O) groups is 1. The van der Waals surface area contributed by atoms with Crippen LogP contribution in [0.4, 0.5) is 0 Å². The maximum Gasteiger partial charge on any atom is 0.164 e. The minimum absolute atomic E-state index is 0.159. The minimum atomic E-state index is -0.643. The van der Waals surface area contributed by atoms with Crippen molar-refractivity contribution in [3.05, 3.63) is 22.4 Å². The number of ether oxygens (including phenoxy) is 1. The Morgan fingerprint density at radius 2 is 2.29 bits per heavy atom. The van der Waals surface area contributed by atoms with E-state index in [1.165, 1.54) is 5.56 Å². The molecule has 1 rings (SSSR count). The second-order valence-corrected chi connectivity index (χ2v) is 4.55. The zero-order chi connectivity index (χ0) is 10.6. The topological polar surface area (TPSA) is 26.3 Å². The third-order valence-corrected chi connectivity index (χ3v) is 3.13. The Morgan fingerprint density at radius 1 is 1.57 bits per heavy atom. The summed E-state index contributed by atoms with van der Waals surface area (Å²) in [7, 11) is 1.57. The zero-order valence-corrected chi connectivity index (χ0v) is 9.69. The Morgan fingerprint density at radius 3 is 2.79 bits per heavy atom. The summed E-state index contributed by atoms with van der Waals surface area (Å²) in [5, 5.41) is 4.11. The van der Waals surface area contributed by atoms with Gasteiger partial charge in [0.15, 0.2) is 5.78 Å². The summed E-state index contributed by atoms with van der Waals surface area (Å²) in [6, 6.07) is 2.05. The molecule has 0 saturated carbocycles. The molecule has 3 heteroatoms. The molecule has 0 amide bonds. The lowest BCUT2D eigenvalue weighted by molar-refractivity contribution is -0.137. The van der Waals surface area contributed by atoms with Gasteiger partial charge in [0.2, 0.25) is 0 Å². The Balaban J connectivity index is 2.43. The molecule has 0 aliphatic carbocycles. The fourth-order valence-electron chi connectivity index (χ4n) is 1.11. The van der Waals surface area contributed by atoms with Crippen LogP contribution in [0, 0.1) is 0 Å². The van der Waals surface area contributed by atoms with Crippen LogP contribution >= 0.6 is 11.3 Å². The van der Waals surface area contributed by atoms with Gasteiger partial charge in [0.25, 0.3) is 0 Å². The standard InChI is InChI=1S/C11H16O2S/c1-11(2,13-3)10(12)5-4-9-6-7-14-8-9/h6-8H,4-5H2,1-3H3. The highest BCUT2D eigenvalue weighted by Crippen LogP contribution is 2.15. The molecule has 0 saturated heterocycles. The van der Waals surface area contributed by atoms with Gasteiger partial charge in [-0.2, -0.15) is 11.3 Å². The fraction of sp³-hybridized carbons (Fsp3) is 0.545. The molecule has 0 aromatic carbocycles. The summed E-state index contributed by atoms with van der Waals surface area (Å²) in [5.74, 6) is 0.159. The molecule has 0 aliphatic rings. The van der Waals surface area contributed by atoms with E-state index in [9.17, 15) is 4.79 Å². The molecular formula is C11H16O2S. The van der Waals surface area contributed by atoms with E-state index in [-0.39, 0.29) is 5.78 Å². The Kier molecular flexibility index (Phi) is 3.84.